The monoisotopic (exact) mass is 495 g/mol. The van der Waals surface area contributed by atoms with Crippen LogP contribution in [0.4, 0.5) is 17.1 Å². The van der Waals surface area contributed by atoms with Crippen molar-refractivity contribution in [3.8, 4) is 0 Å². The Kier molecular flexibility index (Phi) is 6.57. The largest absolute Gasteiger partial charge is 0.307 e. The number of hydrogen-bond donors (Lipinski definition) is 0. The molecular formula is C29H31Cl2NS. The summed E-state index contributed by atoms with van der Waals surface area (Å²) < 4.78 is 1.25. The summed E-state index contributed by atoms with van der Waals surface area (Å²) in [4.78, 5) is 2.24. The predicted octanol–water partition coefficient (Wildman–Crippen LogP) is 10.7. The molecule has 4 rings (SSSR count). The summed E-state index contributed by atoms with van der Waals surface area (Å²) in [5.41, 5.74) is 5.91. The van der Waals surface area contributed by atoms with Gasteiger partial charge in [-0.1, -0.05) is 89.0 Å². The number of halogens is 2. The number of thiophene rings is 1. The average Bonchev–Trinajstić information content (AvgIpc) is 3.20. The van der Waals surface area contributed by atoms with Crippen LogP contribution in [0.25, 0.3) is 10.1 Å². The number of rotatable bonds is 5. The van der Waals surface area contributed by atoms with Crippen LogP contribution in [0.5, 0.6) is 0 Å². The molecule has 0 aliphatic carbocycles. The van der Waals surface area contributed by atoms with E-state index in [2.05, 4.69) is 94.3 Å². The maximum absolute atomic E-state index is 6.77. The van der Waals surface area contributed by atoms with Crippen LogP contribution in [0, 0.1) is 0 Å². The second-order valence-electron chi connectivity index (χ2n) is 10.3. The van der Waals surface area contributed by atoms with Crippen LogP contribution in [0.2, 0.25) is 10.0 Å². The molecule has 0 N–H and O–H groups in total. The molecule has 1 nitrogen and oxygen atoms in total. The molecule has 3 aromatic carbocycles. The molecule has 0 fully saturated rings. The van der Waals surface area contributed by atoms with Crippen LogP contribution >= 0.6 is 34.5 Å². The molecule has 0 aliphatic heterocycles. The fourth-order valence-electron chi connectivity index (χ4n) is 3.99. The van der Waals surface area contributed by atoms with Gasteiger partial charge in [0.2, 0.25) is 0 Å². The van der Waals surface area contributed by atoms with Gasteiger partial charge >= 0.3 is 0 Å². The Morgan fingerprint density at radius 2 is 1.48 bits per heavy atom. The minimum absolute atomic E-state index is 0.0688. The fraction of sp³-hybridized carbons (Fsp3) is 0.310. The van der Waals surface area contributed by atoms with Crippen molar-refractivity contribution in [2.75, 3.05) is 4.90 Å². The van der Waals surface area contributed by atoms with Gasteiger partial charge in [-0.25, -0.2) is 0 Å². The van der Waals surface area contributed by atoms with Gasteiger partial charge < -0.3 is 4.90 Å². The van der Waals surface area contributed by atoms with E-state index in [1.54, 1.807) is 11.3 Å². The van der Waals surface area contributed by atoms with Crippen molar-refractivity contribution in [2.45, 2.75) is 58.8 Å². The summed E-state index contributed by atoms with van der Waals surface area (Å²) >= 11 is 15.0. The average molecular weight is 497 g/mol. The Labute approximate surface area is 212 Å². The zero-order valence-electron chi connectivity index (χ0n) is 20.2. The summed E-state index contributed by atoms with van der Waals surface area (Å²) in [6, 6.07) is 21.5. The predicted molar refractivity (Wildman–Crippen MR) is 149 cm³/mol. The molecule has 172 valence electrons. The van der Waals surface area contributed by atoms with Crippen molar-refractivity contribution in [1.29, 1.82) is 0 Å². The molecule has 0 atom stereocenters. The third kappa shape index (κ3) is 4.67. The first-order valence-corrected chi connectivity index (χ1v) is 13.0. The minimum atomic E-state index is 0.0688. The highest BCUT2D eigenvalue weighted by atomic mass is 35.5. The van der Waals surface area contributed by atoms with Gasteiger partial charge in [0.25, 0.3) is 0 Å². The third-order valence-corrected chi connectivity index (χ3v) is 8.38. The number of nitrogens with zero attached hydrogens (tertiary/aromatic N) is 1. The fourth-order valence-corrected chi connectivity index (χ4v) is 5.28. The van der Waals surface area contributed by atoms with Gasteiger partial charge in [0.15, 0.2) is 0 Å². The number of anilines is 3. The summed E-state index contributed by atoms with van der Waals surface area (Å²) in [6.45, 7) is 13.6. The number of fused-ring (bicyclic) bond motifs is 1. The van der Waals surface area contributed by atoms with Crippen molar-refractivity contribution in [2.24, 2.45) is 0 Å². The lowest BCUT2D eigenvalue weighted by Gasteiger charge is -2.28. The number of hydrogen-bond acceptors (Lipinski definition) is 2. The third-order valence-electron chi connectivity index (χ3n) is 6.62. The second-order valence-corrected chi connectivity index (χ2v) is 12.0. The molecule has 0 radical (unpaired) electrons. The second kappa shape index (κ2) is 8.98. The molecule has 0 saturated heterocycles. The van der Waals surface area contributed by atoms with Crippen LogP contribution in [0.15, 0.2) is 66.0 Å². The summed E-state index contributed by atoms with van der Waals surface area (Å²) in [5.74, 6) is 0. The van der Waals surface area contributed by atoms with E-state index < -0.39 is 0 Å². The maximum Gasteiger partial charge on any atom is 0.0832 e. The zero-order valence-corrected chi connectivity index (χ0v) is 22.5. The Balaban J connectivity index is 1.94. The summed E-state index contributed by atoms with van der Waals surface area (Å²) in [6.07, 6.45) is 1.08. The lowest BCUT2D eigenvalue weighted by atomic mass is 9.82. The Bertz CT molecular complexity index is 1280. The first-order chi connectivity index (χ1) is 15.5. The van der Waals surface area contributed by atoms with Crippen molar-refractivity contribution in [1.82, 2.24) is 0 Å². The maximum atomic E-state index is 6.77. The van der Waals surface area contributed by atoms with Gasteiger partial charge in [-0.2, -0.15) is 0 Å². The van der Waals surface area contributed by atoms with Crippen molar-refractivity contribution in [3.05, 3.63) is 87.2 Å². The van der Waals surface area contributed by atoms with E-state index in [-0.39, 0.29) is 10.8 Å². The van der Waals surface area contributed by atoms with E-state index in [1.807, 2.05) is 18.2 Å². The topological polar surface area (TPSA) is 3.24 Å². The van der Waals surface area contributed by atoms with Crippen LogP contribution in [-0.2, 0) is 10.8 Å². The molecule has 4 heteroatoms. The normalized spacial score (nSPS) is 12.4. The molecule has 0 aliphatic rings. The van der Waals surface area contributed by atoms with E-state index in [9.17, 15) is 0 Å². The minimum Gasteiger partial charge on any atom is -0.307 e. The van der Waals surface area contributed by atoms with Crippen molar-refractivity contribution >= 4 is 61.7 Å². The first kappa shape index (κ1) is 24.1. The SMILES string of the molecule is CCC(C)(C)c1ccc(N(c2cccc(Cl)c2Cl)c2csc3ccc(C(C)(C)C)cc23)cc1. The lowest BCUT2D eigenvalue weighted by Crippen LogP contribution is -2.16. The van der Waals surface area contributed by atoms with E-state index in [1.165, 1.54) is 21.2 Å². The van der Waals surface area contributed by atoms with Gasteiger partial charge in [-0.05, 0) is 64.8 Å². The van der Waals surface area contributed by atoms with Crippen molar-refractivity contribution < 1.29 is 0 Å². The molecule has 0 spiro atoms. The van der Waals surface area contributed by atoms with Gasteiger partial charge in [0, 0.05) is 21.2 Å². The molecule has 0 saturated carbocycles. The van der Waals surface area contributed by atoms with E-state index in [0.29, 0.717) is 10.0 Å². The zero-order chi connectivity index (χ0) is 24.0. The molecule has 33 heavy (non-hydrogen) atoms. The Hall–Kier alpha value is -2.00. The van der Waals surface area contributed by atoms with Gasteiger partial charge in [-0.15, -0.1) is 11.3 Å². The highest BCUT2D eigenvalue weighted by Crippen LogP contribution is 2.46. The summed E-state index contributed by atoms with van der Waals surface area (Å²) in [5, 5.41) is 4.56. The lowest BCUT2D eigenvalue weighted by molar-refractivity contribution is 0.506. The standard InChI is InChI=1S/C29H31Cl2NS/c1-7-29(5,6)19-11-14-21(15-12-19)32(24-10-8-9-23(30)27(24)31)25-18-33-26-16-13-20(17-22(25)26)28(2,3)4/h8-18H,7H2,1-6H3. The first-order valence-electron chi connectivity index (χ1n) is 11.4. The van der Waals surface area contributed by atoms with Crippen LogP contribution in [0.3, 0.4) is 0 Å². The van der Waals surface area contributed by atoms with E-state index >= 15 is 0 Å². The van der Waals surface area contributed by atoms with E-state index in [4.69, 9.17) is 23.2 Å². The molecule has 0 amide bonds. The Morgan fingerprint density at radius 1 is 0.818 bits per heavy atom. The molecule has 4 aromatic rings. The number of benzene rings is 3. The molecule has 1 heterocycles. The van der Waals surface area contributed by atoms with E-state index in [0.717, 1.165) is 23.5 Å². The van der Waals surface area contributed by atoms with Crippen LogP contribution in [0.1, 0.15) is 59.1 Å². The molecule has 1 aromatic heterocycles. The van der Waals surface area contributed by atoms with Gasteiger partial charge in [0.1, 0.15) is 0 Å². The van der Waals surface area contributed by atoms with Gasteiger partial charge in [0.05, 0.1) is 21.4 Å². The highest BCUT2D eigenvalue weighted by molar-refractivity contribution is 7.17. The molecule has 0 bridgehead atoms. The van der Waals surface area contributed by atoms with Crippen LogP contribution in [-0.4, -0.2) is 0 Å². The summed E-state index contributed by atoms with van der Waals surface area (Å²) in [7, 11) is 0. The quantitative estimate of drug-likeness (QED) is 0.266. The molecular weight excluding hydrogens is 465 g/mol. The van der Waals surface area contributed by atoms with Crippen molar-refractivity contribution in [3.63, 3.8) is 0 Å². The smallest absolute Gasteiger partial charge is 0.0832 e. The highest BCUT2D eigenvalue weighted by Gasteiger charge is 2.23. The van der Waals surface area contributed by atoms with Crippen LogP contribution < -0.4 is 4.90 Å². The van der Waals surface area contributed by atoms with Gasteiger partial charge in [-0.3, -0.25) is 0 Å². The Morgan fingerprint density at radius 3 is 2.12 bits per heavy atom. The molecule has 0 unspecified atom stereocenters.